The van der Waals surface area contributed by atoms with E-state index in [1.807, 2.05) is 0 Å². The highest BCUT2D eigenvalue weighted by Crippen LogP contribution is 2.29. The largest absolute Gasteiger partial charge is 0.327 e. The summed E-state index contributed by atoms with van der Waals surface area (Å²) in [4.78, 5) is 0. The third-order valence-corrected chi connectivity index (χ3v) is 6.00. The van der Waals surface area contributed by atoms with Crippen LogP contribution in [0, 0.1) is 11.8 Å². The summed E-state index contributed by atoms with van der Waals surface area (Å²) in [5, 5.41) is 0. The average Bonchev–Trinajstić information content (AvgIpc) is 2.22. The molecule has 108 valence electrons. The molecule has 0 aliphatic heterocycles. The van der Waals surface area contributed by atoms with Gasteiger partial charge in [-0.05, 0) is 24.7 Å². The number of nitrogens with two attached hydrogens (primary N) is 1. The van der Waals surface area contributed by atoms with Crippen molar-refractivity contribution in [3.8, 4) is 0 Å². The predicted molar refractivity (Wildman–Crippen MR) is 75.8 cm³/mol. The van der Waals surface area contributed by atoms with Crippen molar-refractivity contribution in [2.75, 3.05) is 19.3 Å². The molecule has 0 aromatic rings. The van der Waals surface area contributed by atoms with E-state index in [2.05, 4.69) is 13.8 Å². The second kappa shape index (κ2) is 6.87. The lowest BCUT2D eigenvalue weighted by atomic mass is 9.84. The molecule has 2 N–H and O–H groups in total. The maximum absolute atomic E-state index is 12.0. The van der Waals surface area contributed by atoms with Gasteiger partial charge in [-0.15, -0.1) is 0 Å². The molecule has 18 heavy (non-hydrogen) atoms. The summed E-state index contributed by atoms with van der Waals surface area (Å²) < 4.78 is 25.6. The maximum Gasteiger partial charge on any atom is 0.213 e. The number of hydrogen-bond donors (Lipinski definition) is 1. The van der Waals surface area contributed by atoms with Gasteiger partial charge in [0.15, 0.2) is 0 Å². The Morgan fingerprint density at radius 1 is 1.33 bits per heavy atom. The van der Waals surface area contributed by atoms with E-state index in [1.54, 1.807) is 7.05 Å². The first-order valence-corrected chi connectivity index (χ1v) is 8.63. The average molecular weight is 276 g/mol. The van der Waals surface area contributed by atoms with Crippen molar-refractivity contribution in [3.05, 3.63) is 0 Å². The summed E-state index contributed by atoms with van der Waals surface area (Å²) in [6, 6.07) is 0.0780. The second-order valence-corrected chi connectivity index (χ2v) is 8.12. The number of rotatable bonds is 8. The van der Waals surface area contributed by atoms with Crippen LogP contribution in [0.15, 0.2) is 0 Å². The lowest BCUT2D eigenvalue weighted by Crippen LogP contribution is -2.36. The molecule has 0 radical (unpaired) electrons. The van der Waals surface area contributed by atoms with Gasteiger partial charge in [-0.1, -0.05) is 33.1 Å². The van der Waals surface area contributed by atoms with Crippen LogP contribution in [0.25, 0.3) is 0 Å². The molecule has 1 aliphatic rings. The van der Waals surface area contributed by atoms with Crippen LogP contribution >= 0.6 is 0 Å². The molecular weight excluding hydrogens is 248 g/mol. The van der Waals surface area contributed by atoms with Gasteiger partial charge < -0.3 is 5.73 Å². The van der Waals surface area contributed by atoms with Crippen molar-refractivity contribution in [1.82, 2.24) is 4.31 Å². The fourth-order valence-electron chi connectivity index (χ4n) is 2.06. The highest BCUT2D eigenvalue weighted by Gasteiger charge is 2.23. The molecule has 0 spiro atoms. The minimum Gasteiger partial charge on any atom is -0.327 e. The third-order valence-electron chi connectivity index (χ3n) is 4.12. The van der Waals surface area contributed by atoms with Gasteiger partial charge in [-0.25, -0.2) is 12.7 Å². The highest BCUT2D eigenvalue weighted by atomic mass is 32.2. The number of sulfonamides is 1. The highest BCUT2D eigenvalue weighted by molar-refractivity contribution is 7.89. The Hall–Kier alpha value is -0.130. The van der Waals surface area contributed by atoms with E-state index in [-0.39, 0.29) is 6.04 Å². The van der Waals surface area contributed by atoms with Crippen LogP contribution < -0.4 is 5.73 Å². The summed E-state index contributed by atoms with van der Waals surface area (Å²) in [5.74, 6) is 1.34. The smallest absolute Gasteiger partial charge is 0.213 e. The van der Waals surface area contributed by atoms with E-state index in [4.69, 9.17) is 5.73 Å². The molecule has 0 aromatic carbocycles. The van der Waals surface area contributed by atoms with Crippen LogP contribution in [0.3, 0.4) is 0 Å². The van der Waals surface area contributed by atoms with Gasteiger partial charge in [0.1, 0.15) is 0 Å². The molecule has 1 fully saturated rings. The van der Waals surface area contributed by atoms with Crippen LogP contribution in [-0.4, -0.2) is 38.1 Å². The zero-order valence-electron chi connectivity index (χ0n) is 11.9. The molecule has 1 rings (SSSR count). The molecule has 0 amide bonds. The summed E-state index contributed by atoms with van der Waals surface area (Å²) in [6.45, 7) is 4.66. The number of hydrogen-bond acceptors (Lipinski definition) is 3. The van der Waals surface area contributed by atoms with Gasteiger partial charge in [-0.2, -0.15) is 0 Å². The van der Waals surface area contributed by atoms with E-state index < -0.39 is 10.0 Å². The monoisotopic (exact) mass is 276 g/mol. The van der Waals surface area contributed by atoms with Crippen molar-refractivity contribution >= 4 is 10.0 Å². The standard InChI is InChI=1S/C13H28N2O2S/c1-11(2)13(14)7-9-15(3)18(16,17)10-8-12-5-4-6-12/h11-13H,4-10,14H2,1-3H3. The summed E-state index contributed by atoms with van der Waals surface area (Å²) >= 11 is 0. The molecule has 1 unspecified atom stereocenters. The van der Waals surface area contributed by atoms with Crippen molar-refractivity contribution in [2.45, 2.75) is 52.0 Å². The van der Waals surface area contributed by atoms with Crippen molar-refractivity contribution in [3.63, 3.8) is 0 Å². The normalized spacial score (nSPS) is 19.2. The molecule has 4 nitrogen and oxygen atoms in total. The Kier molecular flexibility index (Phi) is 6.08. The quantitative estimate of drug-likeness (QED) is 0.735. The van der Waals surface area contributed by atoms with E-state index in [1.165, 1.54) is 23.6 Å². The van der Waals surface area contributed by atoms with Crippen LogP contribution in [0.1, 0.15) is 46.0 Å². The molecule has 1 saturated carbocycles. The van der Waals surface area contributed by atoms with Gasteiger partial charge in [0.25, 0.3) is 0 Å². The van der Waals surface area contributed by atoms with Crippen LogP contribution in [0.5, 0.6) is 0 Å². The molecule has 0 aromatic heterocycles. The van der Waals surface area contributed by atoms with Crippen molar-refractivity contribution in [1.29, 1.82) is 0 Å². The third kappa shape index (κ3) is 4.86. The summed E-state index contributed by atoms with van der Waals surface area (Å²) in [5.41, 5.74) is 5.94. The zero-order chi connectivity index (χ0) is 13.8. The van der Waals surface area contributed by atoms with Crippen molar-refractivity contribution in [2.24, 2.45) is 17.6 Å². The minimum absolute atomic E-state index is 0.0780. The molecule has 5 heteroatoms. The van der Waals surface area contributed by atoms with Crippen LogP contribution in [0.2, 0.25) is 0 Å². The summed E-state index contributed by atoms with van der Waals surface area (Å²) in [7, 11) is -1.41. The minimum atomic E-state index is -3.08. The van der Waals surface area contributed by atoms with Gasteiger partial charge in [0.05, 0.1) is 5.75 Å². The fraction of sp³-hybridized carbons (Fsp3) is 1.00. The first-order valence-electron chi connectivity index (χ1n) is 7.02. The summed E-state index contributed by atoms with van der Waals surface area (Å²) in [6.07, 6.45) is 5.23. The maximum atomic E-state index is 12.0. The molecule has 0 saturated heterocycles. The van der Waals surface area contributed by atoms with Crippen molar-refractivity contribution < 1.29 is 8.42 Å². The lowest BCUT2D eigenvalue weighted by molar-refractivity contribution is 0.305. The van der Waals surface area contributed by atoms with E-state index in [9.17, 15) is 8.42 Å². The van der Waals surface area contributed by atoms with Gasteiger partial charge in [-0.3, -0.25) is 0 Å². The molecule has 1 aliphatic carbocycles. The Balaban J connectivity index is 2.31. The topological polar surface area (TPSA) is 63.4 Å². The van der Waals surface area contributed by atoms with Gasteiger partial charge in [0.2, 0.25) is 10.0 Å². The van der Waals surface area contributed by atoms with E-state index in [0.29, 0.717) is 24.1 Å². The van der Waals surface area contributed by atoms with Gasteiger partial charge >= 0.3 is 0 Å². The van der Waals surface area contributed by atoms with Crippen LogP contribution in [-0.2, 0) is 10.0 Å². The zero-order valence-corrected chi connectivity index (χ0v) is 12.7. The molecular formula is C13H28N2O2S. The fourth-order valence-corrected chi connectivity index (χ4v) is 3.38. The lowest BCUT2D eigenvalue weighted by Gasteiger charge is -2.26. The Labute approximate surface area is 112 Å². The molecule has 0 bridgehead atoms. The van der Waals surface area contributed by atoms with Crippen LogP contribution in [0.4, 0.5) is 0 Å². The van der Waals surface area contributed by atoms with E-state index in [0.717, 1.165) is 12.8 Å². The molecule has 0 heterocycles. The number of nitrogens with zero attached hydrogens (tertiary/aromatic N) is 1. The SMILES string of the molecule is CC(C)C(N)CCN(C)S(=O)(=O)CCC1CCC1. The predicted octanol–water partition coefficient (Wildman–Crippen LogP) is 1.81. The second-order valence-electron chi connectivity index (χ2n) is 5.92. The van der Waals surface area contributed by atoms with E-state index >= 15 is 0 Å². The first-order chi connectivity index (χ1) is 8.33. The Morgan fingerprint density at radius 3 is 2.39 bits per heavy atom. The van der Waals surface area contributed by atoms with Gasteiger partial charge in [0, 0.05) is 19.6 Å². The Bertz CT molecular complexity index is 337. The Morgan fingerprint density at radius 2 is 1.94 bits per heavy atom. The molecule has 1 atom stereocenters. The first kappa shape index (κ1) is 15.9.